The molecule has 0 N–H and O–H groups in total. The fourth-order valence-corrected chi connectivity index (χ4v) is 2.32. The second-order valence-corrected chi connectivity index (χ2v) is 4.47. The van der Waals surface area contributed by atoms with Crippen molar-refractivity contribution >= 4 is 0 Å². The van der Waals surface area contributed by atoms with Crippen molar-refractivity contribution in [3.05, 3.63) is 6.10 Å². The normalized spacial score (nSPS) is 29.1. The quantitative estimate of drug-likeness (QED) is 0.543. The fraction of sp³-hybridized carbons (Fsp3) is 0.900. The first-order chi connectivity index (χ1) is 5.70. The van der Waals surface area contributed by atoms with Crippen molar-refractivity contribution in [1.29, 1.82) is 0 Å². The minimum Gasteiger partial charge on any atom is -0.549 e. The Morgan fingerprint density at radius 1 is 1.31 bits per heavy atom. The summed E-state index contributed by atoms with van der Waals surface area (Å²) in [6.07, 6.45) is 5.10. The van der Waals surface area contributed by atoms with Crippen molar-refractivity contribution in [3.8, 4) is 0 Å². The molecule has 1 spiro atoms. The smallest absolute Gasteiger partial charge is 0.0149 e. The van der Waals surface area contributed by atoms with E-state index in [1.54, 1.807) is 0 Å². The summed E-state index contributed by atoms with van der Waals surface area (Å²) in [7, 11) is 2.21. The zero-order valence-corrected chi connectivity index (χ0v) is 10.5. The van der Waals surface area contributed by atoms with Crippen LogP contribution in [0.1, 0.15) is 26.2 Å². The molecule has 0 aromatic rings. The van der Waals surface area contributed by atoms with Crippen molar-refractivity contribution in [2.45, 2.75) is 26.2 Å². The van der Waals surface area contributed by atoms with Crippen molar-refractivity contribution in [1.82, 2.24) is 4.90 Å². The second-order valence-electron chi connectivity index (χ2n) is 4.47. The Balaban J connectivity index is 0.000000845. The van der Waals surface area contributed by atoms with Crippen molar-refractivity contribution in [3.63, 3.8) is 0 Å². The van der Waals surface area contributed by atoms with E-state index < -0.39 is 0 Å². The van der Waals surface area contributed by atoms with Crippen LogP contribution in [0.15, 0.2) is 0 Å². The number of likely N-dealkylation sites (tertiary alicyclic amines) is 1. The van der Waals surface area contributed by atoms with Gasteiger partial charge >= 0.3 is 0 Å². The molecule has 1 radical (unpaired) electrons. The Labute approximate surface area is 74.9 Å². The molecule has 0 amide bonds. The average molecular weight is 430 g/mol. The maximum absolute atomic E-state index is 5.58. The van der Waals surface area contributed by atoms with Crippen LogP contribution in [0, 0.1) is 11.5 Å². The Morgan fingerprint density at radius 3 is 2.38 bits per heavy atom. The zero-order valence-electron chi connectivity index (χ0n) is 8.36. The van der Waals surface area contributed by atoms with Crippen LogP contribution in [0.5, 0.6) is 0 Å². The van der Waals surface area contributed by atoms with Gasteiger partial charge in [0, 0.05) is 6.61 Å². The third-order valence-corrected chi connectivity index (χ3v) is 3.30. The maximum Gasteiger partial charge on any atom is 0.0149 e. The number of hydrogen-bond donors (Lipinski definition) is 0. The Hall–Kier alpha value is -1.08. The summed E-state index contributed by atoms with van der Waals surface area (Å²) in [6.45, 7) is 5.59. The van der Waals surface area contributed by atoms with Gasteiger partial charge in [-0.05, 0) is 38.4 Å². The third kappa shape index (κ3) is 1.81. The van der Waals surface area contributed by atoms with E-state index in [1.165, 1.54) is 38.5 Å². The molecule has 3 heteroatoms. The van der Waals surface area contributed by atoms with E-state index in [0.29, 0.717) is 5.41 Å². The van der Waals surface area contributed by atoms with Crippen LogP contribution in [0.3, 0.4) is 0 Å². The van der Waals surface area contributed by atoms with Crippen molar-refractivity contribution in [2.75, 3.05) is 26.7 Å². The molecule has 2 rings (SSSR count). The van der Waals surface area contributed by atoms with Gasteiger partial charge in [-0.25, -0.2) is 0 Å². The summed E-state index contributed by atoms with van der Waals surface area (Å²) >= 11 is 0. The van der Waals surface area contributed by atoms with Crippen molar-refractivity contribution < 1.29 is 4.74 Å². The first-order valence-corrected chi connectivity index (χ1v) is 4.84. The predicted octanol–water partition coefficient (Wildman–Crippen LogP) is 1.67. The van der Waals surface area contributed by atoms with E-state index in [2.05, 4.69) is 18.9 Å². The standard InChI is InChI=1S/C10H18NO.Lr/c1-9-7-10(8-12-9)3-5-11(2)6-4-10;/h3-8H2,1-2H3;/q-1;. The molecule has 2 fully saturated rings. The van der Waals surface area contributed by atoms with Crippen LogP contribution in [0.2, 0.25) is 0 Å². The molecular formula is C10H18LrNO-. The first kappa shape index (κ1) is 10.0. The van der Waals surface area contributed by atoms with E-state index in [0.717, 1.165) is 6.61 Å². The summed E-state index contributed by atoms with van der Waals surface area (Å²) in [5.41, 5.74) is 0.524. The molecule has 0 atom stereocenters. The average Bonchev–Trinajstić information content (AvgIpc) is 2.40. The molecule has 0 bridgehead atoms. The van der Waals surface area contributed by atoms with Gasteiger partial charge in [-0.3, -0.25) is 0 Å². The summed E-state index contributed by atoms with van der Waals surface area (Å²) in [5.74, 6) is 0. The predicted molar refractivity (Wildman–Crippen MR) is 48.7 cm³/mol. The van der Waals surface area contributed by atoms with Crippen LogP contribution >= 0.6 is 0 Å². The van der Waals surface area contributed by atoms with Gasteiger partial charge in [0.05, 0.1) is 0 Å². The van der Waals surface area contributed by atoms with Gasteiger partial charge < -0.3 is 9.64 Å². The van der Waals surface area contributed by atoms with Crippen LogP contribution in [0.4, 0.5) is 0 Å². The molecule has 85 valence electrons. The van der Waals surface area contributed by atoms with Crippen LogP contribution in [0.25, 0.3) is 0 Å². The topological polar surface area (TPSA) is 12.5 Å². The molecule has 2 nitrogen and oxygen atoms in total. The number of piperidine rings is 1. The van der Waals surface area contributed by atoms with Gasteiger partial charge in [0.2, 0.25) is 0 Å². The largest absolute Gasteiger partial charge is 0.549 e. The van der Waals surface area contributed by atoms with Gasteiger partial charge in [0.25, 0.3) is 0 Å². The van der Waals surface area contributed by atoms with Gasteiger partial charge in [-0.1, -0.05) is 0 Å². The van der Waals surface area contributed by atoms with Gasteiger partial charge in [0.1, 0.15) is 0 Å². The number of nitrogens with zero attached hydrogens (tertiary/aromatic N) is 1. The molecule has 0 saturated carbocycles. The first-order valence-electron chi connectivity index (χ1n) is 4.84. The fourth-order valence-electron chi connectivity index (χ4n) is 2.32. The van der Waals surface area contributed by atoms with Gasteiger partial charge in [-0.15, -0.1) is 6.42 Å². The molecule has 2 aliphatic rings. The van der Waals surface area contributed by atoms with Crippen LogP contribution in [-0.4, -0.2) is 31.6 Å². The van der Waals surface area contributed by atoms with E-state index in [-0.39, 0.29) is 0 Å². The van der Waals surface area contributed by atoms with E-state index in [9.17, 15) is 0 Å². The molecule has 2 aliphatic heterocycles. The number of ether oxygens (including phenoxy) is 1. The maximum atomic E-state index is 5.58. The van der Waals surface area contributed by atoms with Crippen LogP contribution in [-0.2, 0) is 4.74 Å². The minimum absolute atomic E-state index is 0. The Kier molecular flexibility index (Phi) is 2.58. The van der Waals surface area contributed by atoms with E-state index in [4.69, 9.17) is 4.74 Å². The molecule has 0 aromatic heterocycles. The summed E-state index contributed by atoms with van der Waals surface area (Å²) in [5, 5.41) is 0. The molecule has 0 aliphatic carbocycles. The number of hydrogen-bond acceptors (Lipinski definition) is 2. The third-order valence-electron chi connectivity index (χ3n) is 3.30. The molecular weight excluding hydrogens is 412 g/mol. The van der Waals surface area contributed by atoms with Crippen LogP contribution < -0.4 is 0 Å². The minimum atomic E-state index is 0. The molecule has 0 aromatic carbocycles. The molecule has 2 heterocycles. The van der Waals surface area contributed by atoms with E-state index in [1.807, 2.05) is 0 Å². The van der Waals surface area contributed by atoms with E-state index >= 15 is 0 Å². The van der Waals surface area contributed by atoms with Gasteiger partial charge in [-0.2, -0.15) is 13.0 Å². The second kappa shape index (κ2) is 3.35. The Morgan fingerprint density at radius 2 is 1.92 bits per heavy atom. The van der Waals surface area contributed by atoms with Gasteiger partial charge in [0.15, 0.2) is 0 Å². The summed E-state index contributed by atoms with van der Waals surface area (Å²) in [4.78, 5) is 2.42. The van der Waals surface area contributed by atoms with Crippen molar-refractivity contribution in [2.24, 2.45) is 5.41 Å². The monoisotopic (exact) mass is 430 g/mol. The Bertz CT molecular complexity index is 166. The molecule has 0 unspecified atom stereocenters. The zero-order chi connectivity index (χ0) is 8.60. The number of rotatable bonds is 0. The summed E-state index contributed by atoms with van der Waals surface area (Å²) < 4.78 is 5.58. The molecule has 13 heavy (non-hydrogen) atoms. The summed E-state index contributed by atoms with van der Waals surface area (Å²) in [6, 6.07) is 0. The SMILES string of the molecule is C[C-]1CC2(CCN(C)CC2)CO1.[Lr]. The molecule has 2 saturated heterocycles.